The zero-order valence-corrected chi connectivity index (χ0v) is 14.6. The van der Waals surface area contributed by atoms with Gasteiger partial charge in [0.2, 0.25) is 0 Å². The molecule has 1 heterocycles. The molecule has 0 aliphatic heterocycles. The minimum atomic E-state index is 0.320. The third-order valence-electron chi connectivity index (χ3n) is 5.44. The summed E-state index contributed by atoms with van der Waals surface area (Å²) in [7, 11) is 0. The van der Waals surface area contributed by atoms with Crippen molar-refractivity contribution in [2.24, 2.45) is 0 Å². The minimum absolute atomic E-state index is 0.320. The van der Waals surface area contributed by atoms with E-state index < -0.39 is 0 Å². The van der Waals surface area contributed by atoms with E-state index in [4.69, 9.17) is 9.97 Å². The largest absolute Gasteiger partial charge is 0.244 e. The average Bonchev–Trinajstić information content (AvgIpc) is 2.76. The molecule has 6 aromatic rings. The zero-order chi connectivity index (χ0) is 18.8. The summed E-state index contributed by atoms with van der Waals surface area (Å²) in [5.74, 6) is 0. The van der Waals surface area contributed by atoms with Gasteiger partial charge in [0.25, 0.3) is 0 Å². The number of nitrogens with zero attached hydrogens (tertiary/aromatic N) is 4. The van der Waals surface area contributed by atoms with Crippen LogP contribution in [0.25, 0.3) is 54.4 Å². The number of aromatic nitrogens is 2. The maximum Gasteiger partial charge on any atom is 0.101 e. The Morgan fingerprint density at radius 1 is 0.607 bits per heavy atom. The van der Waals surface area contributed by atoms with E-state index in [9.17, 15) is 10.5 Å². The van der Waals surface area contributed by atoms with Crippen LogP contribution in [0.15, 0.2) is 60.7 Å². The molecule has 126 valence electrons. The first kappa shape index (κ1) is 14.8. The lowest BCUT2D eigenvalue weighted by atomic mass is 9.92. The number of benzene rings is 5. The Morgan fingerprint density at radius 2 is 1.07 bits per heavy atom. The highest BCUT2D eigenvalue weighted by molar-refractivity contribution is 6.32. The van der Waals surface area contributed by atoms with Crippen molar-refractivity contribution in [2.45, 2.75) is 0 Å². The van der Waals surface area contributed by atoms with Gasteiger partial charge in [-0.1, -0.05) is 48.5 Å². The van der Waals surface area contributed by atoms with Crippen molar-refractivity contribution in [3.63, 3.8) is 0 Å². The normalized spacial score (nSPS) is 11.5. The van der Waals surface area contributed by atoms with Crippen LogP contribution in [-0.2, 0) is 0 Å². The molecule has 28 heavy (non-hydrogen) atoms. The van der Waals surface area contributed by atoms with E-state index in [2.05, 4.69) is 48.5 Å². The van der Waals surface area contributed by atoms with Gasteiger partial charge in [0, 0.05) is 10.8 Å². The highest BCUT2D eigenvalue weighted by Gasteiger charge is 2.16. The predicted molar refractivity (Wildman–Crippen MR) is 110 cm³/mol. The number of nitriles is 2. The number of hydrogen-bond acceptors (Lipinski definition) is 4. The molecule has 4 nitrogen and oxygen atoms in total. The second-order valence-electron chi connectivity index (χ2n) is 6.90. The first-order valence-electron chi connectivity index (χ1n) is 8.90. The Balaban J connectivity index is 1.94. The summed E-state index contributed by atoms with van der Waals surface area (Å²) in [6.45, 7) is 0. The molecule has 1 aromatic heterocycles. The lowest BCUT2D eigenvalue weighted by molar-refractivity contribution is 1.38. The van der Waals surface area contributed by atoms with Gasteiger partial charge < -0.3 is 0 Å². The second kappa shape index (κ2) is 5.13. The molecule has 0 N–H and O–H groups in total. The zero-order valence-electron chi connectivity index (χ0n) is 14.6. The van der Waals surface area contributed by atoms with Crippen LogP contribution in [0.4, 0.5) is 0 Å². The van der Waals surface area contributed by atoms with Gasteiger partial charge in [-0.2, -0.15) is 10.5 Å². The molecule has 0 radical (unpaired) electrons. The molecule has 0 saturated carbocycles. The molecule has 0 fully saturated rings. The molecule has 5 aromatic carbocycles. The quantitative estimate of drug-likeness (QED) is 0.269. The summed E-state index contributed by atoms with van der Waals surface area (Å²) in [6.07, 6.45) is 0. The van der Waals surface area contributed by atoms with E-state index in [1.54, 1.807) is 12.1 Å². The second-order valence-corrected chi connectivity index (χ2v) is 6.90. The molecule has 0 aliphatic carbocycles. The summed E-state index contributed by atoms with van der Waals surface area (Å²) in [4.78, 5) is 9.78. The van der Waals surface area contributed by atoms with Gasteiger partial charge in [-0.25, -0.2) is 9.97 Å². The molecule has 6 rings (SSSR count). The lowest BCUT2D eigenvalue weighted by Gasteiger charge is -2.14. The summed E-state index contributed by atoms with van der Waals surface area (Å²) in [6, 6.07) is 24.2. The van der Waals surface area contributed by atoms with E-state index >= 15 is 0 Å². The van der Waals surface area contributed by atoms with Gasteiger partial charge in [-0.3, -0.25) is 0 Å². The number of hydrogen-bond donors (Lipinski definition) is 0. The van der Waals surface area contributed by atoms with Crippen molar-refractivity contribution in [1.29, 1.82) is 10.5 Å². The van der Waals surface area contributed by atoms with E-state index in [0.717, 1.165) is 21.8 Å². The smallest absolute Gasteiger partial charge is 0.101 e. The molecule has 0 spiro atoms. The van der Waals surface area contributed by atoms with E-state index in [-0.39, 0.29) is 0 Å². The Kier molecular flexibility index (Phi) is 2.72. The Morgan fingerprint density at radius 3 is 1.50 bits per heavy atom. The first-order valence-corrected chi connectivity index (χ1v) is 8.90. The average molecular weight is 354 g/mol. The topological polar surface area (TPSA) is 73.4 Å². The lowest BCUT2D eigenvalue weighted by Crippen LogP contribution is -1.94. The van der Waals surface area contributed by atoms with Gasteiger partial charge >= 0.3 is 0 Å². The SMILES string of the molecule is N#Cc1cc2nc3c4cccc5ccc6cccc(c3nc2cc1C#N)c6c54. The van der Waals surface area contributed by atoms with E-state index in [1.165, 1.54) is 21.5 Å². The van der Waals surface area contributed by atoms with Crippen molar-refractivity contribution < 1.29 is 0 Å². The Hall–Kier alpha value is -4.28. The van der Waals surface area contributed by atoms with Crippen molar-refractivity contribution >= 4 is 54.4 Å². The van der Waals surface area contributed by atoms with Crippen molar-refractivity contribution in [1.82, 2.24) is 9.97 Å². The highest BCUT2D eigenvalue weighted by atomic mass is 14.8. The van der Waals surface area contributed by atoms with Crippen LogP contribution >= 0.6 is 0 Å². The maximum absolute atomic E-state index is 9.35. The van der Waals surface area contributed by atoms with Crippen LogP contribution in [-0.4, -0.2) is 9.97 Å². The molecule has 0 bridgehead atoms. The van der Waals surface area contributed by atoms with Crippen molar-refractivity contribution in [3.05, 3.63) is 71.8 Å². The first-order chi connectivity index (χ1) is 13.8. The summed E-state index contributed by atoms with van der Waals surface area (Å²) < 4.78 is 0. The van der Waals surface area contributed by atoms with Gasteiger partial charge in [-0.15, -0.1) is 0 Å². The van der Waals surface area contributed by atoms with Crippen molar-refractivity contribution in [2.75, 3.05) is 0 Å². The molecule has 0 aliphatic rings. The Bertz CT molecular complexity index is 1560. The van der Waals surface area contributed by atoms with E-state index in [1.807, 2.05) is 12.1 Å². The maximum atomic E-state index is 9.35. The molecule has 0 unspecified atom stereocenters. The highest BCUT2D eigenvalue weighted by Crippen LogP contribution is 2.39. The van der Waals surface area contributed by atoms with Crippen LogP contribution in [0.2, 0.25) is 0 Å². The molecular formula is C24H10N4. The molecule has 4 heteroatoms. The van der Waals surface area contributed by atoms with Crippen LogP contribution in [0.3, 0.4) is 0 Å². The van der Waals surface area contributed by atoms with Crippen LogP contribution < -0.4 is 0 Å². The minimum Gasteiger partial charge on any atom is -0.244 e. The molecule has 0 amide bonds. The standard InChI is InChI=1S/C24H10N4/c25-11-15-9-19-20(10-16(15)12-26)28-24-18-6-2-4-14-8-7-13-3-1-5-17(23(24)27-19)21(13)22(14)18/h1-10H. The van der Waals surface area contributed by atoms with Gasteiger partial charge in [0.15, 0.2) is 0 Å². The fourth-order valence-corrected chi connectivity index (χ4v) is 4.21. The monoisotopic (exact) mass is 354 g/mol. The fraction of sp³-hybridized carbons (Fsp3) is 0. The number of fused-ring (bicyclic) bond motifs is 4. The Labute approximate surface area is 159 Å². The van der Waals surface area contributed by atoms with Crippen LogP contribution in [0.1, 0.15) is 11.1 Å². The van der Waals surface area contributed by atoms with Crippen LogP contribution in [0.5, 0.6) is 0 Å². The van der Waals surface area contributed by atoms with Crippen LogP contribution in [0, 0.1) is 22.7 Å². The third-order valence-corrected chi connectivity index (χ3v) is 5.44. The third kappa shape index (κ3) is 1.76. The van der Waals surface area contributed by atoms with E-state index in [0.29, 0.717) is 22.2 Å². The van der Waals surface area contributed by atoms with Gasteiger partial charge in [0.1, 0.15) is 12.1 Å². The van der Waals surface area contributed by atoms with Gasteiger partial charge in [0.05, 0.1) is 33.2 Å². The molecular weight excluding hydrogens is 344 g/mol. The summed E-state index contributed by atoms with van der Waals surface area (Å²) >= 11 is 0. The van der Waals surface area contributed by atoms with Crippen molar-refractivity contribution in [3.8, 4) is 12.1 Å². The fourth-order valence-electron chi connectivity index (χ4n) is 4.21. The number of rotatable bonds is 0. The molecule has 0 saturated heterocycles. The molecule has 0 atom stereocenters. The summed E-state index contributed by atoms with van der Waals surface area (Å²) in [5, 5.41) is 25.5. The summed E-state index contributed by atoms with van der Waals surface area (Å²) in [5.41, 5.74) is 3.52. The van der Waals surface area contributed by atoms with Gasteiger partial charge in [-0.05, 0) is 33.7 Å². The predicted octanol–water partition coefficient (Wildman–Crippen LogP) is 5.42.